The summed E-state index contributed by atoms with van der Waals surface area (Å²) in [5.74, 6) is -0.846. The number of hydrogen-bond donors (Lipinski definition) is 3. The van der Waals surface area contributed by atoms with E-state index in [0.29, 0.717) is 16.7 Å². The molecule has 2 unspecified atom stereocenters. The fourth-order valence-corrected chi connectivity index (χ4v) is 4.17. The number of halogens is 3. The van der Waals surface area contributed by atoms with Crippen molar-refractivity contribution in [3.63, 3.8) is 0 Å². The summed E-state index contributed by atoms with van der Waals surface area (Å²) in [6.45, 7) is 0.558. The van der Waals surface area contributed by atoms with Crippen molar-refractivity contribution in [1.29, 1.82) is 0 Å². The summed E-state index contributed by atoms with van der Waals surface area (Å²) >= 11 is 0. The number of carboxylic acid groups (broad SMARTS) is 1. The topological polar surface area (TPSA) is 108 Å². The molecule has 1 aromatic heterocycles. The number of carboxylic acids is 1. The molecule has 3 N–H and O–H groups in total. The molecule has 0 saturated carbocycles. The van der Waals surface area contributed by atoms with E-state index in [0.717, 1.165) is 0 Å². The van der Waals surface area contributed by atoms with E-state index in [2.05, 4.69) is 15.5 Å². The average molecular weight is 499 g/mol. The molecule has 0 amide bonds. The maximum atomic E-state index is 14.3. The van der Waals surface area contributed by atoms with Crippen molar-refractivity contribution in [3.05, 3.63) is 83.8 Å². The van der Waals surface area contributed by atoms with E-state index in [-0.39, 0.29) is 42.4 Å². The highest BCUT2D eigenvalue weighted by Gasteiger charge is 2.55. The van der Waals surface area contributed by atoms with Crippen LogP contribution in [0, 0.1) is 5.41 Å². The Labute approximate surface area is 205 Å². The third-order valence-electron chi connectivity index (χ3n) is 6.25. The summed E-state index contributed by atoms with van der Waals surface area (Å²) < 4.78 is 48.1. The molecular weight excluding hydrogens is 475 g/mol. The third-order valence-corrected chi connectivity index (χ3v) is 6.25. The zero-order valence-electron chi connectivity index (χ0n) is 19.3. The number of carbonyl (C=O) groups is 1. The molecule has 188 valence electrons. The largest absolute Gasteiger partial charge is 0.480 e. The van der Waals surface area contributed by atoms with Crippen LogP contribution in [0.1, 0.15) is 36.4 Å². The minimum absolute atomic E-state index is 0.00396. The Kier molecular flexibility index (Phi) is 7.09. The molecule has 0 aliphatic heterocycles. The molecule has 0 spiro atoms. The second-order valence-electron chi connectivity index (χ2n) is 8.70. The number of hydrogen-bond acceptors (Lipinski definition) is 6. The van der Waals surface area contributed by atoms with Gasteiger partial charge < -0.3 is 14.7 Å². The SMILES string of the molecule is CC1(C(F)(F)F)CC(c2nc(-c3ccc(C(CO)NCC(=O)O)cc3)no2)=CC=C1c1ccccc1. The molecule has 0 bridgehead atoms. The van der Waals surface area contributed by atoms with E-state index in [1.165, 1.54) is 13.0 Å². The second-order valence-corrected chi connectivity index (χ2v) is 8.70. The molecule has 1 aliphatic carbocycles. The minimum Gasteiger partial charge on any atom is -0.480 e. The van der Waals surface area contributed by atoms with Gasteiger partial charge in [-0.05, 0) is 30.0 Å². The summed E-state index contributed by atoms with van der Waals surface area (Å²) in [5, 5.41) is 25.0. The second kappa shape index (κ2) is 10.1. The van der Waals surface area contributed by atoms with Crippen LogP contribution in [0.15, 0.2) is 71.3 Å². The first-order valence-electron chi connectivity index (χ1n) is 11.2. The number of aliphatic hydroxyl groups excluding tert-OH is 1. The number of aliphatic carboxylic acids is 1. The van der Waals surface area contributed by atoms with Gasteiger partial charge in [-0.15, -0.1) is 0 Å². The Morgan fingerprint density at radius 3 is 2.42 bits per heavy atom. The highest BCUT2D eigenvalue weighted by molar-refractivity contribution is 5.80. The molecule has 0 saturated heterocycles. The molecule has 0 fully saturated rings. The van der Waals surface area contributed by atoms with Crippen LogP contribution in [0.4, 0.5) is 13.2 Å². The summed E-state index contributed by atoms with van der Waals surface area (Å²) in [7, 11) is 0. The van der Waals surface area contributed by atoms with Crippen molar-refractivity contribution in [2.24, 2.45) is 5.41 Å². The van der Waals surface area contributed by atoms with Gasteiger partial charge >= 0.3 is 12.1 Å². The van der Waals surface area contributed by atoms with Crippen molar-refractivity contribution < 1.29 is 32.7 Å². The van der Waals surface area contributed by atoms with Crippen LogP contribution in [-0.4, -0.2) is 45.7 Å². The minimum atomic E-state index is -4.51. The molecule has 10 heteroatoms. The monoisotopic (exact) mass is 499 g/mol. The summed E-state index contributed by atoms with van der Waals surface area (Å²) in [4.78, 5) is 15.1. The lowest BCUT2D eigenvalue weighted by Crippen LogP contribution is -2.37. The van der Waals surface area contributed by atoms with Gasteiger partial charge in [0.15, 0.2) is 0 Å². The van der Waals surface area contributed by atoms with Crippen molar-refractivity contribution in [2.75, 3.05) is 13.2 Å². The van der Waals surface area contributed by atoms with Gasteiger partial charge in [-0.25, -0.2) is 0 Å². The predicted molar refractivity (Wildman–Crippen MR) is 126 cm³/mol. The van der Waals surface area contributed by atoms with E-state index in [1.54, 1.807) is 60.7 Å². The van der Waals surface area contributed by atoms with Gasteiger partial charge in [-0.3, -0.25) is 10.1 Å². The third kappa shape index (κ3) is 5.09. The normalized spacial score (nSPS) is 18.9. The zero-order chi connectivity index (χ0) is 25.9. The van der Waals surface area contributed by atoms with Crippen molar-refractivity contribution >= 4 is 17.1 Å². The molecule has 1 aliphatic rings. The lowest BCUT2D eigenvalue weighted by Gasteiger charge is -2.37. The number of aliphatic hydroxyl groups is 1. The summed E-state index contributed by atoms with van der Waals surface area (Å²) in [5.41, 5.74) is 0.0161. The van der Waals surface area contributed by atoms with Gasteiger partial charge in [0.25, 0.3) is 5.89 Å². The molecule has 4 rings (SSSR count). The first kappa shape index (κ1) is 25.3. The molecular formula is C26H24F3N3O4. The number of nitrogens with one attached hydrogen (secondary N) is 1. The molecule has 0 radical (unpaired) electrons. The Balaban J connectivity index is 1.59. The van der Waals surface area contributed by atoms with Crippen molar-refractivity contribution in [3.8, 4) is 11.4 Å². The Morgan fingerprint density at radius 1 is 1.11 bits per heavy atom. The quantitative estimate of drug-likeness (QED) is 0.405. The van der Waals surface area contributed by atoms with Gasteiger partial charge in [0.1, 0.15) is 0 Å². The van der Waals surface area contributed by atoms with E-state index >= 15 is 0 Å². The smallest absolute Gasteiger partial charge is 0.398 e. The molecule has 1 heterocycles. The lowest BCUT2D eigenvalue weighted by atomic mass is 9.70. The van der Waals surface area contributed by atoms with E-state index < -0.39 is 23.6 Å². The van der Waals surface area contributed by atoms with Crippen LogP contribution in [0.3, 0.4) is 0 Å². The molecule has 3 aromatic rings. The highest BCUT2D eigenvalue weighted by atomic mass is 19.4. The molecule has 2 aromatic carbocycles. The Hall–Kier alpha value is -3.76. The summed E-state index contributed by atoms with van der Waals surface area (Å²) in [6.07, 6.45) is -1.83. The standard InChI is InChI=1S/C26H24F3N3O4/c1-25(26(27,28)29)13-19(11-12-20(25)16-5-3-2-4-6-16)24-31-23(32-36-24)18-9-7-17(8-10-18)21(15-33)30-14-22(34)35/h2-12,21,30,33H,13-15H2,1H3,(H,34,35). The number of rotatable bonds is 8. The Bertz CT molecular complexity index is 1280. The fourth-order valence-electron chi connectivity index (χ4n) is 4.17. The number of nitrogens with zero attached hydrogens (tertiary/aromatic N) is 2. The Morgan fingerprint density at radius 2 is 1.81 bits per heavy atom. The van der Waals surface area contributed by atoms with E-state index in [1.807, 2.05) is 0 Å². The van der Waals surface area contributed by atoms with Gasteiger partial charge in [-0.2, -0.15) is 18.2 Å². The number of aromatic nitrogens is 2. The van der Waals surface area contributed by atoms with Crippen LogP contribution in [0.25, 0.3) is 22.5 Å². The number of alkyl halides is 3. The fraction of sp³-hybridized carbons (Fsp3) is 0.269. The first-order valence-corrected chi connectivity index (χ1v) is 11.2. The number of benzene rings is 2. The van der Waals surface area contributed by atoms with Gasteiger partial charge in [0.05, 0.1) is 24.6 Å². The maximum absolute atomic E-state index is 14.3. The molecule has 7 nitrogen and oxygen atoms in total. The van der Waals surface area contributed by atoms with Crippen LogP contribution in [-0.2, 0) is 4.79 Å². The molecule has 36 heavy (non-hydrogen) atoms. The average Bonchev–Trinajstić information content (AvgIpc) is 3.35. The maximum Gasteiger partial charge on any atom is 0.398 e. The van der Waals surface area contributed by atoms with Gasteiger partial charge in [-0.1, -0.05) is 71.9 Å². The lowest BCUT2D eigenvalue weighted by molar-refractivity contribution is -0.194. The van der Waals surface area contributed by atoms with Gasteiger partial charge in [0, 0.05) is 11.1 Å². The predicted octanol–water partition coefficient (Wildman–Crippen LogP) is 4.88. The van der Waals surface area contributed by atoms with Crippen LogP contribution >= 0.6 is 0 Å². The van der Waals surface area contributed by atoms with E-state index in [9.17, 15) is 23.1 Å². The van der Waals surface area contributed by atoms with Crippen LogP contribution < -0.4 is 5.32 Å². The van der Waals surface area contributed by atoms with Crippen molar-refractivity contribution in [2.45, 2.75) is 25.6 Å². The summed E-state index contributed by atoms with van der Waals surface area (Å²) in [6, 6.07) is 14.6. The van der Waals surface area contributed by atoms with Gasteiger partial charge in [0.2, 0.25) is 5.82 Å². The zero-order valence-corrected chi connectivity index (χ0v) is 19.3. The molecule has 2 atom stereocenters. The first-order chi connectivity index (χ1) is 17.1. The van der Waals surface area contributed by atoms with Crippen LogP contribution in [0.5, 0.6) is 0 Å². The number of allylic oxidation sites excluding steroid dienone is 4. The van der Waals surface area contributed by atoms with Crippen LogP contribution in [0.2, 0.25) is 0 Å². The highest BCUT2D eigenvalue weighted by Crippen LogP contribution is 2.54. The van der Waals surface area contributed by atoms with E-state index in [4.69, 9.17) is 9.63 Å². The van der Waals surface area contributed by atoms with Crippen molar-refractivity contribution in [1.82, 2.24) is 15.5 Å².